The van der Waals surface area contributed by atoms with Crippen LogP contribution in [-0.4, -0.2) is 114 Å². The first kappa shape index (κ1) is 25.9. The summed E-state index contributed by atoms with van der Waals surface area (Å²) >= 11 is 0. The normalized spacial score (nSPS) is 22.9. The van der Waals surface area contributed by atoms with Crippen molar-refractivity contribution >= 4 is 29.9 Å². The lowest BCUT2D eigenvalue weighted by molar-refractivity contribution is 0.0536. The molecule has 2 aliphatic heterocycles. The smallest absolute Gasteiger partial charge is 0.193 e. The molecule has 2 heterocycles. The maximum atomic E-state index is 5.70. The first-order valence-electron chi connectivity index (χ1n) is 10.6. The molecule has 0 aliphatic carbocycles. The van der Waals surface area contributed by atoms with Gasteiger partial charge in [0.1, 0.15) is 0 Å². The lowest BCUT2D eigenvalue weighted by atomic mass is 10.1. The number of likely N-dealkylation sites (N-methyl/N-ethyl adjacent to an activating group) is 1. The molecule has 2 atom stereocenters. The second kappa shape index (κ2) is 14.8. The summed E-state index contributed by atoms with van der Waals surface area (Å²) in [5, 5.41) is 3.60. The zero-order chi connectivity index (χ0) is 19.5. The van der Waals surface area contributed by atoms with Crippen LogP contribution in [0.3, 0.4) is 0 Å². The maximum absolute atomic E-state index is 5.70. The van der Waals surface area contributed by atoms with Crippen LogP contribution < -0.4 is 5.32 Å². The number of nitrogens with zero attached hydrogens (tertiary/aromatic N) is 4. The van der Waals surface area contributed by atoms with Gasteiger partial charge in [0.15, 0.2) is 5.96 Å². The molecule has 0 aromatic rings. The Hall–Kier alpha value is -0.160. The van der Waals surface area contributed by atoms with E-state index >= 15 is 0 Å². The summed E-state index contributed by atoms with van der Waals surface area (Å²) < 4.78 is 10.7. The molecular weight excluding hydrogens is 469 g/mol. The van der Waals surface area contributed by atoms with Gasteiger partial charge >= 0.3 is 0 Å². The number of hydrogen-bond acceptors (Lipinski definition) is 5. The average Bonchev–Trinajstić information content (AvgIpc) is 3.15. The second-order valence-corrected chi connectivity index (χ2v) is 7.94. The molecule has 1 N–H and O–H groups in total. The largest absolute Gasteiger partial charge is 0.382 e. The number of nitrogens with one attached hydrogen (secondary N) is 1. The van der Waals surface area contributed by atoms with Gasteiger partial charge in [-0.15, -0.1) is 24.0 Å². The van der Waals surface area contributed by atoms with Gasteiger partial charge in [-0.1, -0.05) is 13.8 Å². The highest BCUT2D eigenvalue weighted by atomic mass is 127. The molecule has 2 rings (SSSR count). The molecule has 0 amide bonds. The lowest BCUT2D eigenvalue weighted by Gasteiger charge is -2.35. The molecule has 2 fully saturated rings. The minimum absolute atomic E-state index is 0. The third-order valence-electron chi connectivity index (χ3n) is 5.67. The average molecular weight is 511 g/mol. The summed E-state index contributed by atoms with van der Waals surface area (Å²) in [5.41, 5.74) is 0. The van der Waals surface area contributed by atoms with E-state index in [2.05, 4.69) is 38.9 Å². The monoisotopic (exact) mass is 511 g/mol. The van der Waals surface area contributed by atoms with E-state index in [0.717, 1.165) is 38.7 Å². The van der Waals surface area contributed by atoms with Gasteiger partial charge in [0.05, 0.1) is 19.8 Å². The van der Waals surface area contributed by atoms with Gasteiger partial charge in [-0.05, 0) is 18.9 Å². The van der Waals surface area contributed by atoms with E-state index in [1.807, 2.05) is 7.05 Å². The standard InChI is InChI=1S/C20H41N5O2.HI/c1-5-23-8-10-24(11-9-23)15-18(2)14-22-20(21-3)25-7-6-19(16-25)17-27-13-12-26-4;/h18-19H,5-17H2,1-4H3,(H,21,22);1H. The molecule has 0 aromatic carbocycles. The molecule has 166 valence electrons. The number of methoxy groups -OCH3 is 1. The molecule has 0 aromatic heterocycles. The SMILES string of the molecule is CCN1CCN(CC(C)CNC(=NC)N2CCC(COCCOC)C2)CC1.I. The Balaban J connectivity index is 0.00000392. The molecule has 0 saturated carbocycles. The van der Waals surface area contributed by atoms with Crippen LogP contribution in [0.1, 0.15) is 20.3 Å². The van der Waals surface area contributed by atoms with Crippen LogP contribution in [-0.2, 0) is 9.47 Å². The number of piperazine rings is 1. The number of guanidine groups is 1. The second-order valence-electron chi connectivity index (χ2n) is 7.94. The van der Waals surface area contributed by atoms with Gasteiger partial charge in [0, 0.05) is 72.4 Å². The van der Waals surface area contributed by atoms with Crippen LogP contribution in [0.15, 0.2) is 4.99 Å². The molecular formula is C20H42IN5O2. The predicted molar refractivity (Wildman–Crippen MR) is 127 cm³/mol. The Morgan fingerprint density at radius 3 is 2.50 bits per heavy atom. The summed E-state index contributed by atoms with van der Waals surface area (Å²) in [6.45, 7) is 17.0. The molecule has 7 nitrogen and oxygen atoms in total. The van der Waals surface area contributed by atoms with Crippen molar-refractivity contribution in [1.82, 2.24) is 20.0 Å². The Morgan fingerprint density at radius 2 is 1.86 bits per heavy atom. The number of aliphatic imine (C=N–C) groups is 1. The van der Waals surface area contributed by atoms with Crippen molar-refractivity contribution in [2.24, 2.45) is 16.8 Å². The fourth-order valence-corrected chi connectivity index (χ4v) is 3.94. The highest BCUT2D eigenvalue weighted by molar-refractivity contribution is 14.0. The summed E-state index contributed by atoms with van der Waals surface area (Å²) in [5.74, 6) is 2.25. The summed E-state index contributed by atoms with van der Waals surface area (Å²) in [4.78, 5) is 12.0. The number of halogens is 1. The fraction of sp³-hybridized carbons (Fsp3) is 0.950. The number of likely N-dealkylation sites (tertiary alicyclic amines) is 1. The first-order chi connectivity index (χ1) is 13.2. The maximum Gasteiger partial charge on any atom is 0.193 e. The third kappa shape index (κ3) is 9.11. The molecule has 0 spiro atoms. The Bertz CT molecular complexity index is 433. The van der Waals surface area contributed by atoms with Crippen molar-refractivity contribution in [3.05, 3.63) is 0 Å². The summed E-state index contributed by atoms with van der Waals surface area (Å²) in [7, 11) is 3.60. The molecule has 28 heavy (non-hydrogen) atoms. The van der Waals surface area contributed by atoms with E-state index in [0.29, 0.717) is 25.0 Å². The van der Waals surface area contributed by atoms with Crippen molar-refractivity contribution in [3.63, 3.8) is 0 Å². The molecule has 2 aliphatic rings. The highest BCUT2D eigenvalue weighted by Gasteiger charge is 2.25. The highest BCUT2D eigenvalue weighted by Crippen LogP contribution is 2.16. The van der Waals surface area contributed by atoms with Gasteiger partial charge < -0.3 is 29.5 Å². The molecule has 2 unspecified atom stereocenters. The topological polar surface area (TPSA) is 52.6 Å². The summed E-state index contributed by atoms with van der Waals surface area (Å²) in [6.07, 6.45) is 1.17. The van der Waals surface area contributed by atoms with Crippen molar-refractivity contribution < 1.29 is 9.47 Å². The van der Waals surface area contributed by atoms with Crippen LogP contribution in [0.25, 0.3) is 0 Å². The van der Waals surface area contributed by atoms with E-state index in [9.17, 15) is 0 Å². The lowest BCUT2D eigenvalue weighted by Crippen LogP contribution is -2.49. The Morgan fingerprint density at radius 1 is 1.14 bits per heavy atom. The van der Waals surface area contributed by atoms with Crippen molar-refractivity contribution in [1.29, 1.82) is 0 Å². The van der Waals surface area contributed by atoms with Crippen LogP contribution in [0, 0.1) is 11.8 Å². The minimum Gasteiger partial charge on any atom is -0.382 e. The predicted octanol–water partition coefficient (Wildman–Crippen LogP) is 1.44. The van der Waals surface area contributed by atoms with E-state index in [1.165, 1.54) is 39.1 Å². The van der Waals surface area contributed by atoms with E-state index < -0.39 is 0 Å². The first-order valence-corrected chi connectivity index (χ1v) is 10.6. The van der Waals surface area contributed by atoms with Gasteiger partial charge in [0.2, 0.25) is 0 Å². The number of ether oxygens (including phenoxy) is 2. The minimum atomic E-state index is 0. The molecule has 8 heteroatoms. The van der Waals surface area contributed by atoms with E-state index in [1.54, 1.807) is 7.11 Å². The van der Waals surface area contributed by atoms with E-state index in [-0.39, 0.29) is 24.0 Å². The van der Waals surface area contributed by atoms with Gasteiger partial charge in [0.25, 0.3) is 0 Å². The number of hydrogen-bond donors (Lipinski definition) is 1. The van der Waals surface area contributed by atoms with E-state index in [4.69, 9.17) is 9.47 Å². The van der Waals surface area contributed by atoms with Crippen LogP contribution >= 0.6 is 24.0 Å². The van der Waals surface area contributed by atoms with Crippen molar-refractivity contribution in [2.45, 2.75) is 20.3 Å². The van der Waals surface area contributed by atoms with Gasteiger partial charge in [-0.2, -0.15) is 0 Å². The molecule has 2 saturated heterocycles. The van der Waals surface area contributed by atoms with Gasteiger partial charge in [-0.3, -0.25) is 4.99 Å². The zero-order valence-corrected chi connectivity index (χ0v) is 20.7. The van der Waals surface area contributed by atoms with Crippen LogP contribution in [0.4, 0.5) is 0 Å². The molecule has 0 radical (unpaired) electrons. The van der Waals surface area contributed by atoms with Crippen molar-refractivity contribution in [3.8, 4) is 0 Å². The Labute approximate surface area is 189 Å². The summed E-state index contributed by atoms with van der Waals surface area (Å²) in [6, 6.07) is 0. The fourth-order valence-electron chi connectivity index (χ4n) is 3.94. The van der Waals surface area contributed by atoms with Crippen LogP contribution in [0.5, 0.6) is 0 Å². The third-order valence-corrected chi connectivity index (χ3v) is 5.67. The Kier molecular flexibility index (Phi) is 13.6. The van der Waals surface area contributed by atoms with Gasteiger partial charge in [-0.25, -0.2) is 0 Å². The van der Waals surface area contributed by atoms with Crippen LogP contribution in [0.2, 0.25) is 0 Å². The number of rotatable bonds is 10. The quantitative estimate of drug-likeness (QED) is 0.208. The zero-order valence-electron chi connectivity index (χ0n) is 18.4. The molecule has 0 bridgehead atoms. The van der Waals surface area contributed by atoms with Crippen molar-refractivity contribution in [2.75, 3.05) is 92.9 Å².